The maximum Gasteiger partial charge on any atom is 0.222 e. The Kier molecular flexibility index (Phi) is 6.65. The van der Waals surface area contributed by atoms with E-state index in [2.05, 4.69) is 27.7 Å². The van der Waals surface area contributed by atoms with E-state index in [1.807, 2.05) is 11.8 Å². The number of hydrogen-bond acceptors (Lipinski definition) is 2. The Hall–Kier alpha value is -0.570. The van der Waals surface area contributed by atoms with Gasteiger partial charge in [-0.1, -0.05) is 27.7 Å². The molecule has 0 aliphatic carbocycles. The van der Waals surface area contributed by atoms with E-state index < -0.39 is 0 Å². The van der Waals surface area contributed by atoms with Crippen molar-refractivity contribution >= 4 is 5.91 Å². The van der Waals surface area contributed by atoms with Crippen LogP contribution >= 0.6 is 0 Å². The third-order valence-corrected chi connectivity index (χ3v) is 2.84. The Bertz CT molecular complexity index is 212. The van der Waals surface area contributed by atoms with Gasteiger partial charge in [-0.25, -0.2) is 0 Å². The van der Waals surface area contributed by atoms with Crippen molar-refractivity contribution in [3.05, 3.63) is 0 Å². The topological polar surface area (TPSA) is 46.3 Å². The van der Waals surface area contributed by atoms with Gasteiger partial charge in [0.25, 0.3) is 0 Å². The molecule has 0 aromatic rings. The third kappa shape index (κ3) is 6.11. The van der Waals surface area contributed by atoms with Gasteiger partial charge in [0, 0.05) is 19.5 Å². The molecule has 0 fully saturated rings. The fourth-order valence-electron chi connectivity index (χ4n) is 1.53. The van der Waals surface area contributed by atoms with Crippen molar-refractivity contribution in [2.24, 2.45) is 17.1 Å². The second-order valence-corrected chi connectivity index (χ2v) is 5.71. The average molecular weight is 228 g/mol. The zero-order chi connectivity index (χ0) is 12.8. The van der Waals surface area contributed by atoms with Gasteiger partial charge in [-0.2, -0.15) is 0 Å². The molecule has 0 spiro atoms. The van der Waals surface area contributed by atoms with Gasteiger partial charge in [0.1, 0.15) is 0 Å². The molecule has 0 saturated carbocycles. The lowest BCUT2D eigenvalue weighted by atomic mass is 9.93. The fourth-order valence-corrected chi connectivity index (χ4v) is 1.53. The van der Waals surface area contributed by atoms with E-state index in [1.165, 1.54) is 0 Å². The molecule has 0 aliphatic heterocycles. The van der Waals surface area contributed by atoms with Crippen LogP contribution in [0.2, 0.25) is 0 Å². The van der Waals surface area contributed by atoms with Crippen molar-refractivity contribution in [1.82, 2.24) is 4.90 Å². The van der Waals surface area contributed by atoms with E-state index in [4.69, 9.17) is 5.73 Å². The quantitative estimate of drug-likeness (QED) is 0.726. The minimum absolute atomic E-state index is 0.0174. The molecular weight excluding hydrogens is 200 g/mol. The van der Waals surface area contributed by atoms with Gasteiger partial charge in [0.15, 0.2) is 0 Å². The first-order valence-corrected chi connectivity index (χ1v) is 6.30. The first kappa shape index (κ1) is 15.4. The molecule has 3 heteroatoms. The maximum absolute atomic E-state index is 12.0. The standard InChI is InChI=1S/C13H28N2O/c1-6-15(10-13(4,5)9-14)12(16)8-7-11(2)3/h11H,6-10,14H2,1-5H3. The minimum atomic E-state index is 0.0174. The summed E-state index contributed by atoms with van der Waals surface area (Å²) in [6.45, 7) is 12.7. The SMILES string of the molecule is CCN(CC(C)(C)CN)C(=O)CCC(C)C. The minimum Gasteiger partial charge on any atom is -0.342 e. The summed E-state index contributed by atoms with van der Waals surface area (Å²) in [6, 6.07) is 0. The van der Waals surface area contributed by atoms with Crippen LogP contribution in [0.1, 0.15) is 47.5 Å². The molecule has 16 heavy (non-hydrogen) atoms. The smallest absolute Gasteiger partial charge is 0.222 e. The highest BCUT2D eigenvalue weighted by molar-refractivity contribution is 5.76. The van der Waals surface area contributed by atoms with E-state index >= 15 is 0 Å². The van der Waals surface area contributed by atoms with Gasteiger partial charge in [0.2, 0.25) is 5.91 Å². The normalized spacial score (nSPS) is 11.9. The second-order valence-electron chi connectivity index (χ2n) is 5.71. The molecule has 1 amide bonds. The van der Waals surface area contributed by atoms with Crippen molar-refractivity contribution in [3.63, 3.8) is 0 Å². The van der Waals surface area contributed by atoms with Crippen molar-refractivity contribution in [1.29, 1.82) is 0 Å². The predicted octanol–water partition coefficient (Wildman–Crippen LogP) is 2.26. The van der Waals surface area contributed by atoms with Crippen molar-refractivity contribution in [2.45, 2.75) is 47.5 Å². The van der Waals surface area contributed by atoms with E-state index in [0.29, 0.717) is 18.9 Å². The van der Waals surface area contributed by atoms with Crippen LogP contribution in [0.4, 0.5) is 0 Å². The number of hydrogen-bond donors (Lipinski definition) is 1. The monoisotopic (exact) mass is 228 g/mol. The van der Waals surface area contributed by atoms with E-state index in [1.54, 1.807) is 0 Å². The van der Waals surface area contributed by atoms with E-state index in [-0.39, 0.29) is 11.3 Å². The number of nitrogens with zero attached hydrogens (tertiary/aromatic N) is 1. The van der Waals surface area contributed by atoms with Gasteiger partial charge < -0.3 is 10.6 Å². The van der Waals surface area contributed by atoms with Crippen LogP contribution in [0.3, 0.4) is 0 Å². The fraction of sp³-hybridized carbons (Fsp3) is 0.923. The number of nitrogens with two attached hydrogens (primary N) is 1. The van der Waals surface area contributed by atoms with Crippen LogP contribution in [-0.4, -0.2) is 30.4 Å². The van der Waals surface area contributed by atoms with Gasteiger partial charge in [-0.15, -0.1) is 0 Å². The first-order chi connectivity index (χ1) is 7.32. The lowest BCUT2D eigenvalue weighted by Crippen LogP contribution is -2.41. The van der Waals surface area contributed by atoms with E-state index in [9.17, 15) is 4.79 Å². The highest BCUT2D eigenvalue weighted by Crippen LogP contribution is 2.16. The Morgan fingerprint density at radius 2 is 1.94 bits per heavy atom. The number of carbonyl (C=O) groups excluding carboxylic acids is 1. The number of rotatable bonds is 7. The number of carbonyl (C=O) groups is 1. The Morgan fingerprint density at radius 1 is 1.38 bits per heavy atom. The van der Waals surface area contributed by atoms with Gasteiger partial charge in [-0.3, -0.25) is 4.79 Å². The first-order valence-electron chi connectivity index (χ1n) is 6.30. The molecule has 0 heterocycles. The molecule has 0 saturated heterocycles. The summed E-state index contributed by atoms with van der Waals surface area (Å²) in [7, 11) is 0. The summed E-state index contributed by atoms with van der Waals surface area (Å²) in [6.07, 6.45) is 1.63. The molecule has 0 aromatic carbocycles. The van der Waals surface area contributed by atoms with Crippen molar-refractivity contribution in [2.75, 3.05) is 19.6 Å². The Labute approximate surface area is 100 Å². The summed E-state index contributed by atoms with van der Waals surface area (Å²) in [5, 5.41) is 0. The van der Waals surface area contributed by atoms with Crippen LogP contribution in [0, 0.1) is 11.3 Å². The molecule has 96 valence electrons. The zero-order valence-electron chi connectivity index (χ0n) is 11.5. The molecule has 0 unspecified atom stereocenters. The highest BCUT2D eigenvalue weighted by atomic mass is 16.2. The lowest BCUT2D eigenvalue weighted by Gasteiger charge is -2.31. The van der Waals surface area contributed by atoms with Crippen molar-refractivity contribution in [3.8, 4) is 0 Å². The lowest BCUT2D eigenvalue weighted by molar-refractivity contribution is -0.132. The molecule has 0 atom stereocenters. The second kappa shape index (κ2) is 6.89. The maximum atomic E-state index is 12.0. The molecular formula is C13H28N2O. The van der Waals surface area contributed by atoms with Gasteiger partial charge >= 0.3 is 0 Å². The molecule has 2 N–H and O–H groups in total. The molecule has 0 rings (SSSR count). The summed E-state index contributed by atoms with van der Waals surface area (Å²) in [5.41, 5.74) is 5.71. The van der Waals surface area contributed by atoms with Gasteiger partial charge in [-0.05, 0) is 31.2 Å². The molecule has 0 aliphatic rings. The van der Waals surface area contributed by atoms with Crippen LogP contribution in [0.5, 0.6) is 0 Å². The van der Waals surface area contributed by atoms with Crippen molar-refractivity contribution < 1.29 is 4.79 Å². The van der Waals surface area contributed by atoms with Crippen LogP contribution in [-0.2, 0) is 4.79 Å². The molecule has 0 radical (unpaired) electrons. The molecule has 0 aromatic heterocycles. The van der Waals surface area contributed by atoms with Crippen LogP contribution < -0.4 is 5.73 Å². The molecule has 0 bridgehead atoms. The summed E-state index contributed by atoms with van der Waals surface area (Å²) in [4.78, 5) is 13.9. The summed E-state index contributed by atoms with van der Waals surface area (Å²) in [5.74, 6) is 0.850. The van der Waals surface area contributed by atoms with Crippen LogP contribution in [0.25, 0.3) is 0 Å². The zero-order valence-corrected chi connectivity index (χ0v) is 11.5. The number of amides is 1. The summed E-state index contributed by atoms with van der Waals surface area (Å²) < 4.78 is 0. The third-order valence-electron chi connectivity index (χ3n) is 2.84. The average Bonchev–Trinajstić information content (AvgIpc) is 2.22. The largest absolute Gasteiger partial charge is 0.342 e. The van der Waals surface area contributed by atoms with Crippen LogP contribution in [0.15, 0.2) is 0 Å². The van der Waals surface area contributed by atoms with E-state index in [0.717, 1.165) is 19.5 Å². The highest BCUT2D eigenvalue weighted by Gasteiger charge is 2.22. The van der Waals surface area contributed by atoms with Gasteiger partial charge in [0.05, 0.1) is 0 Å². The summed E-state index contributed by atoms with van der Waals surface area (Å²) >= 11 is 0. The Balaban J connectivity index is 4.22. The molecule has 3 nitrogen and oxygen atoms in total. The predicted molar refractivity (Wildman–Crippen MR) is 69.2 cm³/mol. The Morgan fingerprint density at radius 3 is 2.31 bits per heavy atom.